The highest BCUT2D eigenvalue weighted by Crippen LogP contribution is 2.29. The average Bonchev–Trinajstić information content (AvgIpc) is 2.35. The van der Waals surface area contributed by atoms with Crippen LogP contribution in [0.15, 0.2) is 24.4 Å². The van der Waals surface area contributed by atoms with Gasteiger partial charge in [0.2, 0.25) is 0 Å². The minimum atomic E-state index is -0.368. The minimum absolute atomic E-state index is 0.183. The van der Waals surface area contributed by atoms with E-state index in [4.69, 9.17) is 16.3 Å². The van der Waals surface area contributed by atoms with Crippen molar-refractivity contribution in [3.8, 4) is 0 Å². The standard InChI is InChI=1S/C14H14ClNO2/c1-8(2)13-10-6-9(15)4-5-12(10)16-7-11(13)14(17)18-3/h4-8H,1-3H3. The maximum Gasteiger partial charge on any atom is 0.339 e. The van der Waals surface area contributed by atoms with E-state index in [-0.39, 0.29) is 11.9 Å². The molecule has 4 heteroatoms. The molecule has 0 fully saturated rings. The third-order valence-electron chi connectivity index (χ3n) is 2.85. The Morgan fingerprint density at radius 1 is 1.39 bits per heavy atom. The Morgan fingerprint density at radius 3 is 2.72 bits per heavy atom. The topological polar surface area (TPSA) is 39.2 Å². The number of hydrogen-bond acceptors (Lipinski definition) is 3. The third kappa shape index (κ3) is 2.18. The van der Waals surface area contributed by atoms with Crippen LogP contribution in [0.25, 0.3) is 10.9 Å². The molecule has 0 bridgehead atoms. The lowest BCUT2D eigenvalue weighted by Crippen LogP contribution is -2.08. The zero-order valence-electron chi connectivity index (χ0n) is 10.5. The molecule has 2 aromatic rings. The molecule has 0 N–H and O–H groups in total. The first kappa shape index (κ1) is 12.8. The number of pyridine rings is 1. The van der Waals surface area contributed by atoms with Gasteiger partial charge in [-0.1, -0.05) is 25.4 Å². The second-order valence-corrected chi connectivity index (χ2v) is 4.83. The highest BCUT2D eigenvalue weighted by molar-refractivity contribution is 6.31. The molecule has 1 aromatic carbocycles. The first-order valence-corrected chi connectivity index (χ1v) is 6.09. The van der Waals surface area contributed by atoms with Crippen LogP contribution < -0.4 is 0 Å². The lowest BCUT2D eigenvalue weighted by atomic mass is 9.94. The van der Waals surface area contributed by atoms with Gasteiger partial charge in [-0.3, -0.25) is 4.98 Å². The number of hydrogen-bond donors (Lipinski definition) is 0. The zero-order chi connectivity index (χ0) is 13.3. The number of methoxy groups -OCH3 is 1. The molecule has 0 aliphatic rings. The fraction of sp³-hybridized carbons (Fsp3) is 0.286. The normalized spacial score (nSPS) is 10.9. The van der Waals surface area contributed by atoms with Crippen LogP contribution in [0.1, 0.15) is 35.7 Å². The number of benzene rings is 1. The van der Waals surface area contributed by atoms with Gasteiger partial charge in [-0.2, -0.15) is 0 Å². The monoisotopic (exact) mass is 263 g/mol. The van der Waals surface area contributed by atoms with Crippen LogP contribution in [-0.4, -0.2) is 18.1 Å². The molecular formula is C14H14ClNO2. The van der Waals surface area contributed by atoms with E-state index in [1.165, 1.54) is 7.11 Å². The molecule has 0 atom stereocenters. The molecule has 0 aliphatic heterocycles. The van der Waals surface area contributed by atoms with Gasteiger partial charge in [0.25, 0.3) is 0 Å². The van der Waals surface area contributed by atoms with E-state index in [1.807, 2.05) is 26.0 Å². The van der Waals surface area contributed by atoms with Gasteiger partial charge in [-0.15, -0.1) is 0 Å². The minimum Gasteiger partial charge on any atom is -0.465 e. The predicted octanol–water partition coefficient (Wildman–Crippen LogP) is 3.80. The van der Waals surface area contributed by atoms with Gasteiger partial charge in [0, 0.05) is 16.6 Å². The maximum absolute atomic E-state index is 11.8. The fourth-order valence-electron chi connectivity index (χ4n) is 2.08. The number of esters is 1. The summed E-state index contributed by atoms with van der Waals surface area (Å²) in [6.45, 7) is 4.06. The van der Waals surface area contributed by atoms with Crippen molar-refractivity contribution >= 4 is 28.5 Å². The summed E-state index contributed by atoms with van der Waals surface area (Å²) >= 11 is 6.02. The molecular weight excluding hydrogens is 250 g/mol. The van der Waals surface area contributed by atoms with Crippen molar-refractivity contribution in [2.75, 3.05) is 7.11 Å². The Hall–Kier alpha value is -1.61. The van der Waals surface area contributed by atoms with Crippen LogP contribution in [-0.2, 0) is 4.74 Å². The molecule has 94 valence electrons. The first-order valence-electron chi connectivity index (χ1n) is 5.71. The number of aromatic nitrogens is 1. The van der Waals surface area contributed by atoms with Crippen LogP contribution in [0.2, 0.25) is 5.02 Å². The van der Waals surface area contributed by atoms with Gasteiger partial charge in [-0.25, -0.2) is 4.79 Å². The van der Waals surface area contributed by atoms with Crippen LogP contribution in [0.5, 0.6) is 0 Å². The molecule has 1 heterocycles. The second-order valence-electron chi connectivity index (χ2n) is 4.39. The first-order chi connectivity index (χ1) is 8.54. The van der Waals surface area contributed by atoms with Gasteiger partial charge in [0.15, 0.2) is 0 Å². The summed E-state index contributed by atoms with van der Waals surface area (Å²) in [5, 5.41) is 1.54. The van der Waals surface area contributed by atoms with E-state index in [9.17, 15) is 4.79 Å². The number of nitrogens with zero attached hydrogens (tertiary/aromatic N) is 1. The Kier molecular flexibility index (Phi) is 3.53. The van der Waals surface area contributed by atoms with Crippen LogP contribution in [0.4, 0.5) is 0 Å². The van der Waals surface area contributed by atoms with Crippen LogP contribution >= 0.6 is 11.6 Å². The van der Waals surface area contributed by atoms with Crippen molar-refractivity contribution in [2.24, 2.45) is 0 Å². The SMILES string of the molecule is COC(=O)c1cnc2ccc(Cl)cc2c1C(C)C. The number of ether oxygens (including phenoxy) is 1. The lowest BCUT2D eigenvalue weighted by Gasteiger charge is -2.14. The fourth-order valence-corrected chi connectivity index (χ4v) is 2.25. The molecule has 0 spiro atoms. The number of carbonyl (C=O) groups excluding carboxylic acids is 1. The van der Waals surface area contributed by atoms with E-state index >= 15 is 0 Å². The lowest BCUT2D eigenvalue weighted by molar-refractivity contribution is 0.0599. The molecule has 0 aliphatic carbocycles. The number of fused-ring (bicyclic) bond motifs is 1. The van der Waals surface area contributed by atoms with E-state index in [0.717, 1.165) is 16.5 Å². The van der Waals surface area contributed by atoms with Gasteiger partial charge >= 0.3 is 5.97 Å². The Labute approximate surface area is 111 Å². The van der Waals surface area contributed by atoms with Gasteiger partial charge < -0.3 is 4.74 Å². The molecule has 3 nitrogen and oxygen atoms in total. The van der Waals surface area contributed by atoms with E-state index in [1.54, 1.807) is 12.3 Å². The van der Waals surface area contributed by atoms with Crippen molar-refractivity contribution in [1.29, 1.82) is 0 Å². The summed E-state index contributed by atoms with van der Waals surface area (Å²) in [5.41, 5.74) is 2.26. The smallest absolute Gasteiger partial charge is 0.339 e. The zero-order valence-corrected chi connectivity index (χ0v) is 11.3. The number of carbonyl (C=O) groups is 1. The largest absolute Gasteiger partial charge is 0.465 e. The Balaban J connectivity index is 2.81. The van der Waals surface area contributed by atoms with Gasteiger partial charge in [0.1, 0.15) is 0 Å². The summed E-state index contributed by atoms with van der Waals surface area (Å²) in [4.78, 5) is 16.0. The van der Waals surface area contributed by atoms with E-state index in [2.05, 4.69) is 4.98 Å². The van der Waals surface area contributed by atoms with Crippen molar-refractivity contribution < 1.29 is 9.53 Å². The second kappa shape index (κ2) is 4.94. The van der Waals surface area contributed by atoms with Crippen molar-refractivity contribution in [2.45, 2.75) is 19.8 Å². The average molecular weight is 264 g/mol. The number of rotatable bonds is 2. The summed E-state index contributed by atoms with van der Waals surface area (Å²) in [6, 6.07) is 5.48. The maximum atomic E-state index is 11.8. The molecule has 0 saturated heterocycles. The molecule has 0 saturated carbocycles. The predicted molar refractivity (Wildman–Crippen MR) is 72.2 cm³/mol. The summed E-state index contributed by atoms with van der Waals surface area (Å²) in [7, 11) is 1.37. The van der Waals surface area contributed by atoms with Crippen molar-refractivity contribution in [1.82, 2.24) is 4.98 Å². The quantitative estimate of drug-likeness (QED) is 0.774. The van der Waals surface area contributed by atoms with Gasteiger partial charge in [-0.05, 0) is 29.7 Å². The highest BCUT2D eigenvalue weighted by Gasteiger charge is 2.18. The Bertz CT molecular complexity index is 608. The van der Waals surface area contributed by atoms with Crippen molar-refractivity contribution in [3.05, 3.63) is 40.5 Å². The van der Waals surface area contributed by atoms with Gasteiger partial charge in [0.05, 0.1) is 18.2 Å². The molecule has 18 heavy (non-hydrogen) atoms. The summed E-state index contributed by atoms with van der Waals surface area (Å²) in [6.07, 6.45) is 1.57. The molecule has 0 unspecified atom stereocenters. The Morgan fingerprint density at radius 2 is 2.11 bits per heavy atom. The van der Waals surface area contributed by atoms with Crippen LogP contribution in [0.3, 0.4) is 0 Å². The highest BCUT2D eigenvalue weighted by atomic mass is 35.5. The molecule has 1 aromatic heterocycles. The van der Waals surface area contributed by atoms with Crippen molar-refractivity contribution in [3.63, 3.8) is 0 Å². The molecule has 0 radical (unpaired) electrons. The summed E-state index contributed by atoms with van der Waals surface area (Å²) in [5.74, 6) is -0.184. The molecule has 2 rings (SSSR count). The van der Waals surface area contributed by atoms with E-state index < -0.39 is 0 Å². The van der Waals surface area contributed by atoms with Crippen LogP contribution in [0, 0.1) is 0 Å². The summed E-state index contributed by atoms with van der Waals surface area (Å²) < 4.78 is 4.79. The van der Waals surface area contributed by atoms with E-state index in [0.29, 0.717) is 10.6 Å². The third-order valence-corrected chi connectivity index (χ3v) is 3.09. The molecule has 0 amide bonds. The number of halogens is 1.